The van der Waals surface area contributed by atoms with Crippen molar-refractivity contribution in [3.63, 3.8) is 0 Å². The van der Waals surface area contributed by atoms with Crippen LogP contribution in [0.25, 0.3) is 0 Å². The molecule has 3 aromatic carbocycles. The molecular weight excluding hydrogens is 1900 g/mol. The van der Waals surface area contributed by atoms with Gasteiger partial charge in [-0.15, -0.1) is 0 Å². The maximum atomic E-state index is 15.4. The van der Waals surface area contributed by atoms with Gasteiger partial charge in [0.25, 0.3) is 0 Å². The number of aliphatic carboxylic acids is 2. The maximum Gasteiger partial charge on any atom is 0.322 e. The molecule has 50 nitrogen and oxygen atoms in total. The molecule has 51 heteroatoms. The standard InChI is InChI=1S/C93H129N23O27S/c1-8-49(5)77-91(141)103-56(28-29-70(121)97-42-71(122)102-65(46-117)87(137)109-63(40-74(125)126)81(131)99-44-73(124)115-31-16-22-66(115)89(139)113-78(50(6)9-2)92(142)114-77)82(132)106-59(34-51-18-12-10-13-19-51)84(134)107-60(35-52-20-14-11-15-21-52)85(135)111-64(39-69(95)120)93(143)116-32-17-23-67(116)88(138)110-62(38-68(94)119)80(130)98-43-72(123)112-76(48(3)4)90(140)104-57(30-33-144-7)83(133)108-61(37-54-41-96-47-101-54)86(136)105-58(79(129)100-45-75(127)128)36-53-24-26-55(118)27-25-53/h10-15,18-21,24-27,41,47-50,56-67,76-78,117-118H,8-9,16-17,22-23,28-40,42-46H2,1-7H3,(H2,94,119)(H2,95,120)(H,96,101)(H,97,121)(H,98,130)(H,99,131)(H,100,129)(H,102,122)(H,103,141)(H,104,140)(H,105,136)(H,106,132)(H,107,134)(H,108,133)(H,109,137)(H,110,138)(H,111,135)(H,112,123)(H,113,139)(H,114,142)(H,125,126)(H,127,128). The average Bonchev–Trinajstić information content (AvgIpc) is 1.55. The number of phenols is 1. The lowest BCUT2D eigenvalue weighted by Crippen LogP contribution is -2.62. The van der Waals surface area contributed by atoms with E-state index in [1.165, 1.54) is 62.4 Å². The Morgan fingerprint density at radius 1 is 0.500 bits per heavy atom. The summed E-state index contributed by atoms with van der Waals surface area (Å²) >= 11 is 1.29. The van der Waals surface area contributed by atoms with E-state index in [1.807, 2.05) is 0 Å². The number of aliphatic hydroxyl groups is 1. The van der Waals surface area contributed by atoms with Crippen molar-refractivity contribution in [3.05, 3.63) is 120 Å². The van der Waals surface area contributed by atoms with Crippen molar-refractivity contribution in [3.8, 4) is 5.75 Å². The normalized spacial score (nSPS) is 20.0. The van der Waals surface area contributed by atoms with Gasteiger partial charge in [0.15, 0.2) is 0 Å². The quantitative estimate of drug-likeness (QED) is 0.0195. The number of phenolic OH excluding ortho intramolecular Hbond substituents is 1. The van der Waals surface area contributed by atoms with Crippen molar-refractivity contribution in [1.29, 1.82) is 0 Å². The summed E-state index contributed by atoms with van der Waals surface area (Å²) in [4.78, 5) is 330. The number of hydrogen-bond donors (Lipinski definition) is 24. The first-order valence-electron chi connectivity index (χ1n) is 47.0. The molecule has 0 aliphatic carbocycles. The predicted molar refractivity (Wildman–Crippen MR) is 512 cm³/mol. The van der Waals surface area contributed by atoms with E-state index < -0.39 is 309 Å². The van der Waals surface area contributed by atoms with Crippen LogP contribution in [0.5, 0.6) is 5.75 Å². The van der Waals surface area contributed by atoms with Crippen LogP contribution in [-0.4, -0.2) is 325 Å². The van der Waals surface area contributed by atoms with Gasteiger partial charge in [-0.05, 0) is 97.1 Å². The number of aromatic hydroxyl groups is 1. The summed E-state index contributed by atoms with van der Waals surface area (Å²) < 4.78 is 0. The summed E-state index contributed by atoms with van der Waals surface area (Å²) in [6.07, 6.45) is -0.410. The molecule has 26 N–H and O–H groups in total. The van der Waals surface area contributed by atoms with Crippen molar-refractivity contribution < 1.29 is 131 Å². The summed E-state index contributed by atoms with van der Waals surface area (Å²) in [5, 5.41) is 80.9. The van der Waals surface area contributed by atoms with E-state index in [0.717, 1.165) is 9.80 Å². The number of carboxylic acids is 2. The highest BCUT2D eigenvalue weighted by Gasteiger charge is 2.45. The van der Waals surface area contributed by atoms with Crippen LogP contribution in [0.3, 0.4) is 0 Å². The van der Waals surface area contributed by atoms with Gasteiger partial charge in [0.2, 0.25) is 124 Å². The second kappa shape index (κ2) is 57.6. The molecule has 3 aliphatic heterocycles. The summed E-state index contributed by atoms with van der Waals surface area (Å²) in [5.41, 5.74) is 12.8. The van der Waals surface area contributed by atoms with Gasteiger partial charge in [-0.2, -0.15) is 11.8 Å². The second-order valence-electron chi connectivity index (χ2n) is 35.4. The fourth-order valence-corrected chi connectivity index (χ4v) is 16.3. The van der Waals surface area contributed by atoms with E-state index in [9.17, 15) is 107 Å². The number of aromatic amines is 1. The molecule has 0 bridgehead atoms. The molecule has 144 heavy (non-hydrogen) atoms. The number of carbonyl (C=O) groups excluding carboxylic acids is 21. The molecule has 17 unspecified atom stereocenters. The summed E-state index contributed by atoms with van der Waals surface area (Å²) in [6, 6.07) is -2.89. The van der Waals surface area contributed by atoms with Crippen molar-refractivity contribution >= 4 is 148 Å². The first-order valence-corrected chi connectivity index (χ1v) is 48.4. The highest BCUT2D eigenvalue weighted by molar-refractivity contribution is 7.98. The first-order chi connectivity index (χ1) is 68.4. The van der Waals surface area contributed by atoms with Gasteiger partial charge in [-0.3, -0.25) is 110 Å². The average molecular weight is 2030 g/mol. The van der Waals surface area contributed by atoms with Crippen molar-refractivity contribution in [2.45, 2.75) is 235 Å². The number of benzene rings is 3. The summed E-state index contributed by atoms with van der Waals surface area (Å²) in [5.74, 6) is -26.9. The molecule has 4 heterocycles. The molecule has 3 fully saturated rings. The Hall–Kier alpha value is -15.2. The molecule has 7 rings (SSSR count). The third kappa shape index (κ3) is 37.0. The molecule has 0 spiro atoms. The number of aromatic nitrogens is 2. The molecule has 4 aromatic rings. The second-order valence-corrected chi connectivity index (χ2v) is 36.4. The van der Waals surface area contributed by atoms with E-state index >= 15 is 24.0 Å². The van der Waals surface area contributed by atoms with Crippen LogP contribution in [0.2, 0.25) is 0 Å². The summed E-state index contributed by atoms with van der Waals surface area (Å²) in [7, 11) is 0. The lowest BCUT2D eigenvalue weighted by atomic mass is 9.94. The Labute approximate surface area is 832 Å². The topological polar surface area (TPSA) is 765 Å². The number of rotatable bonds is 45. The van der Waals surface area contributed by atoms with Gasteiger partial charge < -0.3 is 137 Å². The van der Waals surface area contributed by atoms with Crippen LogP contribution in [0.4, 0.5) is 0 Å². The van der Waals surface area contributed by atoms with Crippen LogP contribution >= 0.6 is 11.8 Å². The zero-order chi connectivity index (χ0) is 106. The molecule has 0 saturated carbocycles. The van der Waals surface area contributed by atoms with E-state index in [2.05, 4.69) is 100 Å². The number of hydrogen-bond acceptors (Lipinski definition) is 27. The van der Waals surface area contributed by atoms with Gasteiger partial charge in [-0.1, -0.05) is 127 Å². The van der Waals surface area contributed by atoms with Gasteiger partial charge >= 0.3 is 11.9 Å². The van der Waals surface area contributed by atoms with Crippen molar-refractivity contribution in [1.82, 2.24) is 110 Å². The minimum absolute atomic E-state index is 0.00778. The lowest BCUT2D eigenvalue weighted by molar-refractivity contribution is -0.143. The summed E-state index contributed by atoms with van der Waals surface area (Å²) in [6.45, 7) is 4.81. The van der Waals surface area contributed by atoms with E-state index in [1.54, 1.807) is 94.6 Å². The molecule has 1 aromatic heterocycles. The minimum Gasteiger partial charge on any atom is -0.508 e. The van der Waals surface area contributed by atoms with Crippen LogP contribution in [-0.2, 0) is 136 Å². The number of nitrogens with one attached hydrogen (secondary N) is 18. The first kappa shape index (κ1) is 116. The maximum absolute atomic E-state index is 15.4. The number of H-pyrrole nitrogens is 1. The van der Waals surface area contributed by atoms with E-state index in [0.29, 0.717) is 16.7 Å². The third-order valence-electron chi connectivity index (χ3n) is 24.1. The van der Waals surface area contributed by atoms with E-state index in [4.69, 9.17) is 11.5 Å². The Morgan fingerprint density at radius 2 is 1.01 bits per heavy atom. The number of amides is 21. The molecular formula is C93H129N23O27S. The highest BCUT2D eigenvalue weighted by Crippen LogP contribution is 2.24. The number of likely N-dealkylation sites (tertiary alicyclic amines) is 1. The highest BCUT2D eigenvalue weighted by atomic mass is 32.2. The number of carboxylic acid groups (broad SMARTS) is 2. The van der Waals surface area contributed by atoms with Crippen LogP contribution in [0.15, 0.2) is 97.5 Å². The van der Waals surface area contributed by atoms with Gasteiger partial charge in [0.1, 0.15) is 103 Å². The number of primary amides is 2. The van der Waals surface area contributed by atoms with Crippen LogP contribution in [0, 0.1) is 17.8 Å². The molecule has 0 radical (unpaired) electrons. The van der Waals surface area contributed by atoms with Crippen LogP contribution in [0.1, 0.15) is 141 Å². The number of nitrogens with two attached hydrogens (primary N) is 2. The minimum atomic E-state index is -1.93. The fraction of sp³-hybridized carbons (Fsp3) is 0.527. The predicted octanol–water partition coefficient (Wildman–Crippen LogP) is -7.27. The zero-order valence-corrected chi connectivity index (χ0v) is 81.5. The number of thioether (sulfide) groups is 1. The SMILES string of the molecule is CCC(C)C1NC(=O)C(C(C)CC)NC(=O)C2CCCN2C(=O)CNC(=O)C(CC(=O)O)NC(=O)C(CO)NC(=O)CNC(=O)CCC(C(=O)NC(Cc2ccccc2)C(=O)NC(Cc2ccccc2)C(=O)NC(CC(N)=O)C(=O)N2CCCC2C(=O)NC(CC(N)=O)C(=O)NCC(=O)NC(C(=O)NC(CCSC)C(=O)NC(Cc2c[nH]cn2)C(=O)NC(Cc2ccc(O)cc2)C(=O)NCC(=O)O)C(C)C)NC1=O. The largest absolute Gasteiger partial charge is 0.508 e. The molecule has 17 atom stereocenters. The lowest BCUT2D eigenvalue weighted by Gasteiger charge is -2.32. The number of fused-ring (bicyclic) bond motifs is 1. The van der Waals surface area contributed by atoms with Crippen molar-refractivity contribution in [2.24, 2.45) is 29.2 Å². The Kier molecular flexibility index (Phi) is 46.3. The Morgan fingerprint density at radius 3 is 1.56 bits per heavy atom. The Bertz CT molecular complexity index is 5220. The Balaban J connectivity index is 1.09. The zero-order valence-electron chi connectivity index (χ0n) is 80.7. The van der Waals surface area contributed by atoms with Crippen molar-refractivity contribution in [2.75, 3.05) is 57.9 Å². The molecule has 3 aliphatic rings. The van der Waals surface area contributed by atoms with Crippen LogP contribution < -0.4 is 102 Å². The van der Waals surface area contributed by atoms with Gasteiger partial charge in [0, 0.05) is 51.4 Å². The van der Waals surface area contributed by atoms with Gasteiger partial charge in [0.05, 0.1) is 57.5 Å². The number of nitrogens with zero attached hydrogens (tertiary/aromatic N) is 3. The smallest absolute Gasteiger partial charge is 0.322 e. The molecule has 3 saturated heterocycles. The monoisotopic (exact) mass is 2030 g/mol. The number of aliphatic hydroxyl groups excluding tert-OH is 1. The third-order valence-corrected chi connectivity index (χ3v) is 24.8. The molecule has 21 amide bonds. The fourth-order valence-electron chi connectivity index (χ4n) is 15.9. The van der Waals surface area contributed by atoms with Gasteiger partial charge in [-0.25, -0.2) is 4.98 Å². The number of carbonyl (C=O) groups is 23. The number of imidazole rings is 1. The van der Waals surface area contributed by atoms with E-state index in [-0.39, 0.29) is 101 Å². The molecule has 784 valence electrons.